The van der Waals surface area contributed by atoms with Crippen LogP contribution in [0, 0.1) is 0 Å². The Morgan fingerprint density at radius 2 is 1.81 bits per heavy atom. The molecule has 0 saturated carbocycles. The van der Waals surface area contributed by atoms with E-state index in [-0.39, 0.29) is 11.8 Å². The van der Waals surface area contributed by atoms with Crippen molar-refractivity contribution >= 4 is 40.5 Å². The van der Waals surface area contributed by atoms with Crippen molar-refractivity contribution < 1.29 is 9.59 Å². The molecule has 0 unspecified atom stereocenters. The topological polar surface area (TPSA) is 61.4 Å². The van der Waals surface area contributed by atoms with Crippen molar-refractivity contribution in [3.05, 3.63) is 24.3 Å². The number of thiocarbonyl (C=S) groups is 1. The van der Waals surface area contributed by atoms with Gasteiger partial charge in [-0.05, 0) is 49.3 Å². The van der Waals surface area contributed by atoms with Gasteiger partial charge in [-0.2, -0.15) is 0 Å². The first-order chi connectivity index (χ1) is 10.1. The van der Waals surface area contributed by atoms with E-state index >= 15 is 0 Å². The highest BCUT2D eigenvalue weighted by molar-refractivity contribution is 7.80. The molecule has 1 aromatic carbocycles. The summed E-state index contributed by atoms with van der Waals surface area (Å²) in [6.45, 7) is 2.89. The minimum Gasteiger partial charge on any atom is -0.362 e. The molecule has 5 nitrogen and oxygen atoms in total. The first kappa shape index (κ1) is 15.4. The normalized spacial score (nSPS) is 15.0. The maximum absolute atomic E-state index is 11.8. The summed E-state index contributed by atoms with van der Waals surface area (Å²) in [6.07, 6.45) is 2.50. The first-order valence-electron chi connectivity index (χ1n) is 7.12. The molecule has 0 radical (unpaired) electrons. The molecule has 6 heteroatoms. The van der Waals surface area contributed by atoms with Gasteiger partial charge in [0.15, 0.2) is 5.11 Å². The van der Waals surface area contributed by atoms with Gasteiger partial charge in [0.05, 0.1) is 5.69 Å². The maximum atomic E-state index is 11.8. The largest absolute Gasteiger partial charge is 0.362 e. The van der Waals surface area contributed by atoms with Gasteiger partial charge in [0.1, 0.15) is 0 Å². The van der Waals surface area contributed by atoms with E-state index < -0.39 is 0 Å². The van der Waals surface area contributed by atoms with Crippen molar-refractivity contribution in [2.24, 2.45) is 0 Å². The number of nitrogens with zero attached hydrogens (tertiary/aromatic N) is 1. The van der Waals surface area contributed by atoms with Crippen molar-refractivity contribution in [1.82, 2.24) is 5.32 Å². The molecule has 1 aliphatic rings. The third-order valence-electron chi connectivity index (χ3n) is 3.20. The molecule has 0 aromatic heterocycles. The Bertz CT molecular complexity index is 526. The molecule has 1 aliphatic heterocycles. The fraction of sp³-hybridized carbons (Fsp3) is 0.400. The van der Waals surface area contributed by atoms with Gasteiger partial charge in [0, 0.05) is 25.1 Å². The van der Waals surface area contributed by atoms with Crippen LogP contribution < -0.4 is 15.5 Å². The highest BCUT2D eigenvalue weighted by Crippen LogP contribution is 2.23. The van der Waals surface area contributed by atoms with Gasteiger partial charge in [0.25, 0.3) is 0 Å². The zero-order chi connectivity index (χ0) is 15.2. The number of benzene rings is 1. The maximum Gasteiger partial charge on any atom is 0.233 e. The minimum atomic E-state index is -0.132. The predicted molar refractivity (Wildman–Crippen MR) is 87.3 cm³/mol. The number of nitrogens with one attached hydrogen (secondary N) is 2. The number of piperidine rings is 1. The molecule has 1 fully saturated rings. The average molecular weight is 305 g/mol. The summed E-state index contributed by atoms with van der Waals surface area (Å²) in [7, 11) is 0. The molecular formula is C15H19N3O2S. The molecule has 21 heavy (non-hydrogen) atoms. The quantitative estimate of drug-likeness (QED) is 0.661. The number of imide groups is 1. The molecule has 1 aromatic rings. The number of amides is 2. The fourth-order valence-electron chi connectivity index (χ4n) is 2.15. The van der Waals surface area contributed by atoms with E-state index in [1.807, 2.05) is 12.1 Å². The van der Waals surface area contributed by atoms with Gasteiger partial charge in [-0.25, -0.2) is 0 Å². The van der Waals surface area contributed by atoms with Gasteiger partial charge in [0.2, 0.25) is 11.8 Å². The van der Waals surface area contributed by atoms with Crippen LogP contribution in [0.1, 0.15) is 32.6 Å². The van der Waals surface area contributed by atoms with Crippen LogP contribution in [0.15, 0.2) is 24.3 Å². The second-order valence-corrected chi connectivity index (χ2v) is 5.31. The summed E-state index contributed by atoms with van der Waals surface area (Å²) in [5.41, 5.74) is 1.44. The Morgan fingerprint density at radius 3 is 2.38 bits per heavy atom. The Hall–Kier alpha value is -1.95. The van der Waals surface area contributed by atoms with E-state index in [0.29, 0.717) is 30.1 Å². The highest BCUT2D eigenvalue weighted by Gasteiger charge is 2.27. The summed E-state index contributed by atoms with van der Waals surface area (Å²) in [5.74, 6) is -0.265. The van der Waals surface area contributed by atoms with Crippen molar-refractivity contribution in [2.45, 2.75) is 32.6 Å². The van der Waals surface area contributed by atoms with Crippen LogP contribution >= 0.6 is 12.2 Å². The molecular weight excluding hydrogens is 286 g/mol. The van der Waals surface area contributed by atoms with Gasteiger partial charge in [-0.15, -0.1) is 0 Å². The second kappa shape index (κ2) is 7.17. The lowest BCUT2D eigenvalue weighted by atomic mass is 10.1. The summed E-state index contributed by atoms with van der Waals surface area (Å²) >= 11 is 5.16. The molecule has 0 aliphatic carbocycles. The standard InChI is InChI=1S/C15H19N3O2S/c1-2-10-16-15(21)17-11-6-8-12(9-7-11)18-13(19)4-3-5-14(18)20/h6-9H,2-5,10H2,1H3,(H2,16,17,21). The third-order valence-corrected chi connectivity index (χ3v) is 3.45. The van der Waals surface area contributed by atoms with Crippen LogP contribution in [0.4, 0.5) is 11.4 Å². The van der Waals surface area contributed by atoms with Crippen LogP contribution in [0.3, 0.4) is 0 Å². The summed E-state index contributed by atoms with van der Waals surface area (Å²) in [4.78, 5) is 25.0. The van der Waals surface area contributed by atoms with Gasteiger partial charge in [-0.1, -0.05) is 6.92 Å². The first-order valence-corrected chi connectivity index (χ1v) is 7.53. The molecule has 0 atom stereocenters. The van der Waals surface area contributed by atoms with Gasteiger partial charge in [-0.3, -0.25) is 14.5 Å². The average Bonchev–Trinajstić information content (AvgIpc) is 2.46. The number of rotatable bonds is 4. The number of hydrogen-bond acceptors (Lipinski definition) is 3. The van der Waals surface area contributed by atoms with Crippen molar-refractivity contribution in [2.75, 3.05) is 16.8 Å². The van der Waals surface area contributed by atoms with E-state index in [1.54, 1.807) is 12.1 Å². The molecule has 0 bridgehead atoms. The summed E-state index contributed by atoms with van der Waals surface area (Å²) in [5, 5.41) is 6.70. The molecule has 1 heterocycles. The highest BCUT2D eigenvalue weighted by atomic mass is 32.1. The third kappa shape index (κ3) is 4.01. The second-order valence-electron chi connectivity index (χ2n) is 4.90. The summed E-state index contributed by atoms with van der Waals surface area (Å²) < 4.78 is 0. The van der Waals surface area contributed by atoms with E-state index in [2.05, 4.69) is 17.6 Å². The molecule has 2 rings (SSSR count). The van der Waals surface area contributed by atoms with E-state index in [0.717, 1.165) is 18.7 Å². The molecule has 2 N–H and O–H groups in total. The number of anilines is 2. The number of carbonyl (C=O) groups is 2. The van der Waals surface area contributed by atoms with Crippen LogP contribution in [0.5, 0.6) is 0 Å². The Balaban J connectivity index is 2.03. The van der Waals surface area contributed by atoms with Crippen LogP contribution in [0.25, 0.3) is 0 Å². The van der Waals surface area contributed by atoms with Crippen LogP contribution in [-0.2, 0) is 9.59 Å². The van der Waals surface area contributed by atoms with E-state index in [4.69, 9.17) is 12.2 Å². The lowest BCUT2D eigenvalue weighted by molar-refractivity contribution is -0.129. The molecule has 1 saturated heterocycles. The number of carbonyl (C=O) groups excluding carboxylic acids is 2. The fourth-order valence-corrected chi connectivity index (χ4v) is 2.37. The van der Waals surface area contributed by atoms with Crippen LogP contribution in [-0.4, -0.2) is 23.5 Å². The van der Waals surface area contributed by atoms with Crippen molar-refractivity contribution in [3.8, 4) is 0 Å². The predicted octanol–water partition coefficient (Wildman–Crippen LogP) is 2.43. The van der Waals surface area contributed by atoms with E-state index in [9.17, 15) is 9.59 Å². The zero-order valence-electron chi connectivity index (χ0n) is 12.0. The van der Waals surface area contributed by atoms with Crippen LogP contribution in [0.2, 0.25) is 0 Å². The van der Waals surface area contributed by atoms with Gasteiger partial charge >= 0.3 is 0 Å². The molecule has 2 amide bonds. The van der Waals surface area contributed by atoms with E-state index in [1.165, 1.54) is 4.90 Å². The van der Waals surface area contributed by atoms with Gasteiger partial charge < -0.3 is 10.6 Å². The van der Waals surface area contributed by atoms with Crippen molar-refractivity contribution in [1.29, 1.82) is 0 Å². The van der Waals surface area contributed by atoms with Crippen molar-refractivity contribution in [3.63, 3.8) is 0 Å². The Morgan fingerprint density at radius 1 is 1.19 bits per heavy atom. The minimum absolute atomic E-state index is 0.132. The SMILES string of the molecule is CCCNC(=S)Nc1ccc(N2C(=O)CCCC2=O)cc1. The Kier molecular flexibility index (Phi) is 5.27. The number of hydrogen-bond donors (Lipinski definition) is 2. The summed E-state index contributed by atoms with van der Waals surface area (Å²) in [6, 6.07) is 7.13. The lowest BCUT2D eigenvalue weighted by Gasteiger charge is -2.25. The monoisotopic (exact) mass is 305 g/mol. The molecule has 112 valence electrons. The smallest absolute Gasteiger partial charge is 0.233 e. The molecule has 0 spiro atoms. The Labute approximate surface area is 129 Å². The lowest BCUT2D eigenvalue weighted by Crippen LogP contribution is -2.40. The zero-order valence-corrected chi connectivity index (χ0v) is 12.8.